The monoisotopic (exact) mass is 271 g/mol. The first-order chi connectivity index (χ1) is 9.76. The molecule has 2 aromatic heterocycles. The Hall–Kier alpha value is -1.81. The molecule has 106 valence electrons. The van der Waals surface area contributed by atoms with Gasteiger partial charge in [-0.25, -0.2) is 0 Å². The van der Waals surface area contributed by atoms with Crippen LogP contribution in [0.5, 0.6) is 0 Å². The Morgan fingerprint density at radius 3 is 2.80 bits per heavy atom. The molecule has 1 aliphatic carbocycles. The van der Waals surface area contributed by atoms with E-state index >= 15 is 0 Å². The van der Waals surface area contributed by atoms with Crippen molar-refractivity contribution in [3.05, 3.63) is 48.5 Å². The second kappa shape index (κ2) is 5.67. The lowest BCUT2D eigenvalue weighted by atomic mass is 9.77. The summed E-state index contributed by atoms with van der Waals surface area (Å²) < 4.78 is 0. The topological polar surface area (TPSA) is 60.9 Å². The first kappa shape index (κ1) is 13.2. The zero-order chi connectivity index (χ0) is 13.8. The van der Waals surface area contributed by atoms with Crippen LogP contribution in [0.25, 0.3) is 0 Å². The molecule has 0 atom stereocenters. The quantitative estimate of drug-likeness (QED) is 0.801. The van der Waals surface area contributed by atoms with Crippen molar-refractivity contribution in [2.24, 2.45) is 5.92 Å². The van der Waals surface area contributed by atoms with Gasteiger partial charge in [-0.3, -0.25) is 4.98 Å². The van der Waals surface area contributed by atoms with E-state index in [0.717, 1.165) is 43.6 Å². The van der Waals surface area contributed by atoms with Crippen LogP contribution in [-0.4, -0.2) is 21.6 Å². The molecule has 0 spiro atoms. The molecule has 3 rings (SSSR count). The molecule has 2 aromatic rings. The maximum absolute atomic E-state index is 10.7. The number of aromatic nitrogens is 2. The Morgan fingerprint density at radius 2 is 2.15 bits per heavy atom. The molecule has 4 nitrogen and oxygen atoms in total. The average Bonchev–Trinajstić information content (AvgIpc) is 3.01. The Bertz CT molecular complexity index is 516. The summed E-state index contributed by atoms with van der Waals surface area (Å²) in [5.74, 6) is 0.619. The zero-order valence-corrected chi connectivity index (χ0v) is 11.5. The first-order valence-electron chi connectivity index (χ1n) is 7.27. The molecule has 0 amide bonds. The van der Waals surface area contributed by atoms with Crippen molar-refractivity contribution in [2.75, 3.05) is 11.9 Å². The van der Waals surface area contributed by atoms with Gasteiger partial charge in [0.15, 0.2) is 0 Å². The molecule has 1 saturated carbocycles. The van der Waals surface area contributed by atoms with E-state index in [9.17, 15) is 5.11 Å². The largest absolute Gasteiger partial charge is 0.384 e. The van der Waals surface area contributed by atoms with E-state index in [-0.39, 0.29) is 0 Å². The van der Waals surface area contributed by atoms with Crippen molar-refractivity contribution in [1.29, 1.82) is 0 Å². The van der Waals surface area contributed by atoms with Crippen LogP contribution >= 0.6 is 0 Å². The minimum absolute atomic E-state index is 0.619. The molecular formula is C16H21N3O. The smallest absolute Gasteiger partial charge is 0.106 e. The molecule has 0 aliphatic heterocycles. The van der Waals surface area contributed by atoms with Gasteiger partial charge in [-0.05, 0) is 49.8 Å². The molecule has 0 radical (unpaired) electrons. The van der Waals surface area contributed by atoms with Crippen LogP contribution in [0.1, 0.15) is 31.4 Å². The van der Waals surface area contributed by atoms with Gasteiger partial charge in [0, 0.05) is 25.1 Å². The molecule has 20 heavy (non-hydrogen) atoms. The minimum atomic E-state index is -0.730. The van der Waals surface area contributed by atoms with Crippen molar-refractivity contribution in [1.82, 2.24) is 9.97 Å². The number of anilines is 1. The van der Waals surface area contributed by atoms with E-state index in [0.29, 0.717) is 5.92 Å². The Morgan fingerprint density at radius 1 is 1.30 bits per heavy atom. The standard InChI is InChI=1S/C16H21N3O/c20-16(15-3-1-2-9-18-15)7-4-13(5-8-16)11-19-14-6-10-17-12-14/h1-3,6,9-10,12-13,17,19-20H,4-5,7-8,11H2. The molecule has 0 unspecified atom stereocenters. The summed E-state index contributed by atoms with van der Waals surface area (Å²) in [6.45, 7) is 0.968. The van der Waals surface area contributed by atoms with E-state index in [1.54, 1.807) is 6.20 Å². The molecule has 3 N–H and O–H groups in total. The van der Waals surface area contributed by atoms with Gasteiger partial charge in [0.05, 0.1) is 11.4 Å². The average molecular weight is 271 g/mol. The molecule has 1 fully saturated rings. The predicted molar refractivity (Wildman–Crippen MR) is 79.4 cm³/mol. The third-order valence-corrected chi connectivity index (χ3v) is 4.27. The summed E-state index contributed by atoms with van der Waals surface area (Å²) in [6, 6.07) is 7.80. The second-order valence-corrected chi connectivity index (χ2v) is 5.67. The van der Waals surface area contributed by atoms with Crippen LogP contribution in [0.3, 0.4) is 0 Å². The van der Waals surface area contributed by atoms with Crippen LogP contribution in [0.4, 0.5) is 5.69 Å². The molecule has 0 bridgehead atoms. The number of aromatic amines is 1. The predicted octanol–water partition coefficient (Wildman–Crippen LogP) is 2.90. The first-order valence-corrected chi connectivity index (χ1v) is 7.27. The fourth-order valence-corrected chi connectivity index (χ4v) is 2.95. The summed E-state index contributed by atoms with van der Waals surface area (Å²) in [7, 11) is 0. The normalized spacial score (nSPS) is 26.4. The Balaban J connectivity index is 1.54. The molecular weight excluding hydrogens is 250 g/mol. The van der Waals surface area contributed by atoms with Crippen molar-refractivity contribution in [3.8, 4) is 0 Å². The van der Waals surface area contributed by atoms with Gasteiger partial charge in [-0.2, -0.15) is 0 Å². The SMILES string of the molecule is OC1(c2ccccn2)CCC(CNc2cc[nH]c2)CC1. The lowest BCUT2D eigenvalue weighted by Crippen LogP contribution is -2.34. The fraction of sp³-hybridized carbons (Fsp3) is 0.438. The highest BCUT2D eigenvalue weighted by molar-refractivity contribution is 5.40. The third-order valence-electron chi connectivity index (χ3n) is 4.27. The minimum Gasteiger partial charge on any atom is -0.384 e. The van der Waals surface area contributed by atoms with Gasteiger partial charge in [0.25, 0.3) is 0 Å². The molecule has 0 saturated heterocycles. The van der Waals surface area contributed by atoms with Crippen LogP contribution in [0.2, 0.25) is 0 Å². The summed E-state index contributed by atoms with van der Waals surface area (Å²) in [6.07, 6.45) is 9.30. The maximum Gasteiger partial charge on any atom is 0.106 e. The van der Waals surface area contributed by atoms with Gasteiger partial charge in [-0.15, -0.1) is 0 Å². The summed E-state index contributed by atoms with van der Waals surface area (Å²) in [5, 5.41) is 14.2. The number of H-pyrrole nitrogens is 1. The van der Waals surface area contributed by atoms with Crippen molar-refractivity contribution < 1.29 is 5.11 Å². The van der Waals surface area contributed by atoms with Crippen LogP contribution in [-0.2, 0) is 5.60 Å². The molecule has 4 heteroatoms. The lowest BCUT2D eigenvalue weighted by molar-refractivity contribution is -0.0164. The molecule has 2 heterocycles. The summed E-state index contributed by atoms with van der Waals surface area (Å²) in [4.78, 5) is 7.36. The van der Waals surface area contributed by atoms with Gasteiger partial charge < -0.3 is 15.4 Å². The lowest BCUT2D eigenvalue weighted by Gasteiger charge is -2.35. The van der Waals surface area contributed by atoms with Crippen molar-refractivity contribution in [2.45, 2.75) is 31.3 Å². The highest BCUT2D eigenvalue weighted by Crippen LogP contribution is 2.38. The van der Waals surface area contributed by atoms with Crippen molar-refractivity contribution >= 4 is 5.69 Å². The Kier molecular flexibility index (Phi) is 3.74. The Labute approximate surface area is 119 Å². The number of hydrogen-bond acceptors (Lipinski definition) is 3. The van der Waals surface area contributed by atoms with Gasteiger partial charge in [-0.1, -0.05) is 6.07 Å². The number of pyridine rings is 1. The van der Waals surface area contributed by atoms with E-state index < -0.39 is 5.60 Å². The highest BCUT2D eigenvalue weighted by atomic mass is 16.3. The summed E-state index contributed by atoms with van der Waals surface area (Å²) in [5.41, 5.74) is 1.22. The van der Waals surface area contributed by atoms with Crippen LogP contribution in [0, 0.1) is 5.92 Å². The number of nitrogens with one attached hydrogen (secondary N) is 2. The van der Waals surface area contributed by atoms with Gasteiger partial charge in [0.1, 0.15) is 5.60 Å². The van der Waals surface area contributed by atoms with Gasteiger partial charge in [0.2, 0.25) is 0 Å². The van der Waals surface area contributed by atoms with E-state index in [1.165, 1.54) is 0 Å². The molecule has 0 aromatic carbocycles. The third kappa shape index (κ3) is 2.85. The van der Waals surface area contributed by atoms with E-state index in [2.05, 4.69) is 15.3 Å². The van der Waals surface area contributed by atoms with E-state index in [1.807, 2.05) is 36.7 Å². The number of hydrogen-bond donors (Lipinski definition) is 3. The van der Waals surface area contributed by atoms with E-state index in [4.69, 9.17) is 0 Å². The second-order valence-electron chi connectivity index (χ2n) is 5.67. The summed E-state index contributed by atoms with van der Waals surface area (Å²) >= 11 is 0. The maximum atomic E-state index is 10.7. The highest BCUT2D eigenvalue weighted by Gasteiger charge is 2.35. The fourth-order valence-electron chi connectivity index (χ4n) is 2.95. The number of aliphatic hydroxyl groups is 1. The number of nitrogens with zero attached hydrogens (tertiary/aromatic N) is 1. The van der Waals surface area contributed by atoms with Crippen LogP contribution < -0.4 is 5.32 Å². The molecule has 1 aliphatic rings. The number of rotatable bonds is 4. The van der Waals surface area contributed by atoms with Crippen LogP contribution in [0.15, 0.2) is 42.9 Å². The zero-order valence-electron chi connectivity index (χ0n) is 11.5. The van der Waals surface area contributed by atoms with Crippen molar-refractivity contribution in [3.63, 3.8) is 0 Å². The van der Waals surface area contributed by atoms with Gasteiger partial charge >= 0.3 is 0 Å².